The molecule has 4 aromatic rings. The first kappa shape index (κ1) is 19.4. The van der Waals surface area contributed by atoms with Gasteiger partial charge in [-0.3, -0.25) is 4.68 Å². The van der Waals surface area contributed by atoms with Crippen LogP contribution < -0.4 is 4.72 Å². The van der Waals surface area contributed by atoms with Gasteiger partial charge in [-0.1, -0.05) is 48.5 Å². The van der Waals surface area contributed by atoms with Gasteiger partial charge in [0.25, 0.3) is 0 Å². The van der Waals surface area contributed by atoms with Gasteiger partial charge >= 0.3 is 0 Å². The lowest BCUT2D eigenvalue weighted by atomic mass is 10.1. The Morgan fingerprint density at radius 3 is 2.55 bits per heavy atom. The number of aromatic nitrogens is 3. The minimum atomic E-state index is -3.70. The van der Waals surface area contributed by atoms with Crippen molar-refractivity contribution in [3.8, 4) is 11.3 Å². The summed E-state index contributed by atoms with van der Waals surface area (Å²) in [6.07, 6.45) is 4.15. The molecule has 0 aliphatic carbocycles. The minimum Gasteiger partial charge on any atom is -0.361 e. The Hall–Kier alpha value is -2.90. The fraction of sp³-hybridized carbons (Fsp3) is 0.227. The van der Waals surface area contributed by atoms with Crippen molar-refractivity contribution in [1.82, 2.24) is 19.5 Å². The summed E-state index contributed by atoms with van der Waals surface area (Å²) in [6.45, 7) is 4.26. The zero-order valence-electron chi connectivity index (χ0n) is 16.5. The number of para-hydroxylation sites is 1. The summed E-state index contributed by atoms with van der Waals surface area (Å²) in [6, 6.07) is 17.5. The molecule has 2 N–H and O–H groups in total. The van der Waals surface area contributed by atoms with Crippen LogP contribution in [0.15, 0.2) is 71.9 Å². The molecule has 0 fully saturated rings. The smallest absolute Gasteiger partial charge is 0.244 e. The predicted octanol–water partition coefficient (Wildman–Crippen LogP) is 4.13. The van der Waals surface area contributed by atoms with Crippen molar-refractivity contribution < 1.29 is 8.42 Å². The highest BCUT2D eigenvalue weighted by molar-refractivity contribution is 7.89. The van der Waals surface area contributed by atoms with Crippen molar-refractivity contribution in [1.29, 1.82) is 0 Å². The van der Waals surface area contributed by atoms with Crippen LogP contribution in [-0.2, 0) is 16.4 Å². The lowest BCUT2D eigenvalue weighted by Crippen LogP contribution is -2.26. The fourth-order valence-corrected chi connectivity index (χ4v) is 4.55. The van der Waals surface area contributed by atoms with Gasteiger partial charge in [0.1, 0.15) is 10.6 Å². The Morgan fingerprint density at radius 1 is 1.07 bits per heavy atom. The Labute approximate surface area is 170 Å². The van der Waals surface area contributed by atoms with Crippen LogP contribution in [0.3, 0.4) is 0 Å². The molecule has 2 heterocycles. The first-order valence-corrected chi connectivity index (χ1v) is 11.1. The Bertz CT molecular complexity index is 1220. The van der Waals surface area contributed by atoms with Gasteiger partial charge in [-0.25, -0.2) is 13.1 Å². The van der Waals surface area contributed by atoms with Crippen LogP contribution in [0.5, 0.6) is 0 Å². The summed E-state index contributed by atoms with van der Waals surface area (Å²) in [5.74, 6) is 0. The first-order chi connectivity index (χ1) is 14.0. The highest BCUT2D eigenvalue weighted by atomic mass is 32.2. The number of fused-ring (bicyclic) bond motifs is 1. The molecule has 0 amide bonds. The molecule has 29 heavy (non-hydrogen) atoms. The van der Waals surface area contributed by atoms with Crippen LogP contribution in [0.2, 0.25) is 0 Å². The summed E-state index contributed by atoms with van der Waals surface area (Å²) < 4.78 is 30.6. The van der Waals surface area contributed by atoms with Crippen LogP contribution in [-0.4, -0.2) is 29.7 Å². The number of sulfonamides is 1. The second kappa shape index (κ2) is 7.85. The number of aromatic amines is 1. The van der Waals surface area contributed by atoms with E-state index in [1.807, 2.05) is 74.6 Å². The number of hydrogen-bond donors (Lipinski definition) is 2. The molecule has 2 aromatic heterocycles. The summed E-state index contributed by atoms with van der Waals surface area (Å²) >= 11 is 0. The highest BCUT2D eigenvalue weighted by Crippen LogP contribution is 2.27. The lowest BCUT2D eigenvalue weighted by Gasteiger charge is -2.07. The fourth-order valence-electron chi connectivity index (χ4n) is 3.37. The lowest BCUT2D eigenvalue weighted by molar-refractivity contribution is 0.532. The van der Waals surface area contributed by atoms with E-state index in [1.54, 1.807) is 10.9 Å². The monoisotopic (exact) mass is 408 g/mol. The number of H-pyrrole nitrogens is 1. The zero-order valence-corrected chi connectivity index (χ0v) is 17.3. The van der Waals surface area contributed by atoms with E-state index in [2.05, 4.69) is 14.8 Å². The number of nitrogens with one attached hydrogen (secondary N) is 2. The third kappa shape index (κ3) is 3.97. The van der Waals surface area contributed by atoms with E-state index in [-0.39, 0.29) is 10.9 Å². The van der Waals surface area contributed by atoms with Gasteiger partial charge in [-0.2, -0.15) is 5.10 Å². The zero-order chi connectivity index (χ0) is 20.4. The summed E-state index contributed by atoms with van der Waals surface area (Å²) in [5, 5.41) is 5.65. The van der Waals surface area contributed by atoms with E-state index in [9.17, 15) is 8.42 Å². The van der Waals surface area contributed by atoms with E-state index in [0.29, 0.717) is 18.7 Å². The first-order valence-electron chi connectivity index (χ1n) is 9.65. The Balaban J connectivity index is 1.58. The second-order valence-corrected chi connectivity index (χ2v) is 9.02. The van der Waals surface area contributed by atoms with Crippen molar-refractivity contribution in [3.63, 3.8) is 0 Å². The molecule has 0 aliphatic heterocycles. The van der Waals surface area contributed by atoms with Gasteiger partial charge in [0.15, 0.2) is 0 Å². The maximum atomic E-state index is 13.1. The van der Waals surface area contributed by atoms with Gasteiger partial charge in [0.05, 0.1) is 0 Å². The molecule has 0 unspecified atom stereocenters. The van der Waals surface area contributed by atoms with Crippen LogP contribution in [0.1, 0.15) is 25.5 Å². The van der Waals surface area contributed by atoms with Crippen LogP contribution >= 0.6 is 0 Å². The van der Waals surface area contributed by atoms with E-state index in [0.717, 1.165) is 22.0 Å². The van der Waals surface area contributed by atoms with Crippen molar-refractivity contribution in [2.75, 3.05) is 6.54 Å². The molecule has 0 radical (unpaired) electrons. The average molecular weight is 409 g/mol. The molecule has 0 saturated heterocycles. The molecule has 4 rings (SSSR count). The van der Waals surface area contributed by atoms with Crippen LogP contribution in [0.25, 0.3) is 22.2 Å². The van der Waals surface area contributed by atoms with E-state index in [1.165, 1.54) is 0 Å². The summed E-state index contributed by atoms with van der Waals surface area (Å²) in [5.41, 5.74) is 3.39. The quantitative estimate of drug-likeness (QED) is 0.482. The minimum absolute atomic E-state index is 0.0626. The number of benzene rings is 2. The number of nitrogens with zero attached hydrogens (tertiary/aromatic N) is 2. The third-order valence-electron chi connectivity index (χ3n) is 4.93. The SMILES string of the molecule is CC(C)n1cc(S(=O)(=O)NCCc2c[nH]c3ccccc23)c(-c2ccccc2)n1. The normalized spacial score (nSPS) is 12.1. The number of hydrogen-bond acceptors (Lipinski definition) is 3. The van der Waals surface area contributed by atoms with Crippen molar-refractivity contribution in [2.24, 2.45) is 0 Å². The molecule has 0 spiro atoms. The maximum absolute atomic E-state index is 13.1. The molecular weight excluding hydrogens is 384 g/mol. The molecular formula is C22H24N4O2S. The van der Waals surface area contributed by atoms with Gasteiger partial charge in [0.2, 0.25) is 10.0 Å². The van der Waals surface area contributed by atoms with E-state index < -0.39 is 10.0 Å². The maximum Gasteiger partial charge on any atom is 0.244 e. The molecule has 0 aliphatic rings. The summed E-state index contributed by atoms with van der Waals surface area (Å²) in [4.78, 5) is 3.43. The average Bonchev–Trinajstić information content (AvgIpc) is 3.34. The van der Waals surface area contributed by atoms with Crippen molar-refractivity contribution >= 4 is 20.9 Å². The van der Waals surface area contributed by atoms with Crippen molar-refractivity contribution in [2.45, 2.75) is 31.2 Å². The molecule has 150 valence electrons. The summed E-state index contributed by atoms with van der Waals surface area (Å²) in [7, 11) is -3.70. The van der Waals surface area contributed by atoms with Gasteiger partial charge in [-0.05, 0) is 31.9 Å². The van der Waals surface area contributed by atoms with Gasteiger partial charge in [-0.15, -0.1) is 0 Å². The van der Waals surface area contributed by atoms with E-state index in [4.69, 9.17) is 0 Å². The van der Waals surface area contributed by atoms with Crippen LogP contribution in [0.4, 0.5) is 0 Å². The van der Waals surface area contributed by atoms with Gasteiger partial charge < -0.3 is 4.98 Å². The molecule has 0 saturated carbocycles. The van der Waals surface area contributed by atoms with Crippen LogP contribution in [0, 0.1) is 0 Å². The molecule has 2 aromatic carbocycles. The number of rotatable bonds is 7. The van der Waals surface area contributed by atoms with E-state index >= 15 is 0 Å². The largest absolute Gasteiger partial charge is 0.361 e. The Kier molecular flexibility index (Phi) is 5.25. The predicted molar refractivity (Wildman–Crippen MR) is 115 cm³/mol. The highest BCUT2D eigenvalue weighted by Gasteiger charge is 2.24. The topological polar surface area (TPSA) is 79.8 Å². The molecule has 0 atom stereocenters. The molecule has 6 nitrogen and oxygen atoms in total. The molecule has 7 heteroatoms. The second-order valence-electron chi connectivity index (χ2n) is 7.29. The third-order valence-corrected chi connectivity index (χ3v) is 6.39. The molecule has 0 bridgehead atoms. The Morgan fingerprint density at radius 2 is 1.79 bits per heavy atom. The van der Waals surface area contributed by atoms with Gasteiger partial charge in [0, 0.05) is 41.4 Å². The standard InChI is InChI=1S/C22H24N4O2S/c1-16(2)26-15-21(22(25-26)17-8-4-3-5-9-17)29(27,28)24-13-12-18-14-23-20-11-7-6-10-19(18)20/h3-11,14-16,23-24H,12-13H2,1-2H3. The van der Waals surface area contributed by atoms with Crippen molar-refractivity contribution in [3.05, 3.63) is 72.6 Å².